The van der Waals surface area contributed by atoms with E-state index < -0.39 is 6.43 Å². The fraction of sp³-hybridized carbons (Fsp3) is 0.375. The molecule has 0 spiro atoms. The fourth-order valence-corrected chi connectivity index (χ4v) is 1.72. The summed E-state index contributed by atoms with van der Waals surface area (Å²) in [6.07, 6.45) is -1.21. The maximum atomic E-state index is 12.6. The molecular formula is C8H9F2IN2O. The molecular weight excluding hydrogens is 305 g/mol. The van der Waals surface area contributed by atoms with Crippen molar-refractivity contribution in [3.8, 4) is 5.75 Å². The van der Waals surface area contributed by atoms with Gasteiger partial charge in [0.05, 0.1) is 18.4 Å². The minimum atomic E-state index is -2.58. The highest BCUT2D eigenvalue weighted by atomic mass is 127. The van der Waals surface area contributed by atoms with Crippen molar-refractivity contribution in [1.29, 1.82) is 0 Å². The van der Waals surface area contributed by atoms with Crippen molar-refractivity contribution in [3.63, 3.8) is 0 Å². The third kappa shape index (κ3) is 2.11. The molecule has 0 fully saturated rings. The molecule has 0 saturated carbocycles. The number of hydrogen-bond acceptors (Lipinski definition) is 3. The standard InChI is InChI=1S/C8H9F2IN2O/c1-14-7-5(2-12)13-3-4(11)6(7)8(9)10/h3,8H,2,12H2,1H3. The molecule has 1 aromatic heterocycles. The van der Waals surface area contributed by atoms with Crippen molar-refractivity contribution in [2.45, 2.75) is 13.0 Å². The van der Waals surface area contributed by atoms with Gasteiger partial charge < -0.3 is 10.5 Å². The van der Waals surface area contributed by atoms with Crippen LogP contribution in [0.25, 0.3) is 0 Å². The summed E-state index contributed by atoms with van der Waals surface area (Å²) in [5, 5.41) is 0. The first-order valence-electron chi connectivity index (χ1n) is 3.81. The van der Waals surface area contributed by atoms with Crippen LogP contribution in [0.4, 0.5) is 8.78 Å². The van der Waals surface area contributed by atoms with Crippen molar-refractivity contribution in [3.05, 3.63) is 21.0 Å². The van der Waals surface area contributed by atoms with E-state index in [0.717, 1.165) is 0 Å². The molecule has 14 heavy (non-hydrogen) atoms. The second-order valence-corrected chi connectivity index (χ2v) is 3.67. The van der Waals surface area contributed by atoms with Crippen molar-refractivity contribution >= 4 is 22.6 Å². The highest BCUT2D eigenvalue weighted by molar-refractivity contribution is 14.1. The van der Waals surface area contributed by atoms with Crippen molar-refractivity contribution in [2.24, 2.45) is 5.73 Å². The molecule has 0 aromatic carbocycles. The van der Waals surface area contributed by atoms with E-state index >= 15 is 0 Å². The van der Waals surface area contributed by atoms with Crippen LogP contribution in [0.3, 0.4) is 0 Å². The molecule has 0 aliphatic rings. The number of alkyl halides is 2. The summed E-state index contributed by atoms with van der Waals surface area (Å²) in [4.78, 5) is 3.92. The number of rotatable bonds is 3. The highest BCUT2D eigenvalue weighted by Gasteiger charge is 2.21. The van der Waals surface area contributed by atoms with E-state index in [0.29, 0.717) is 9.26 Å². The van der Waals surface area contributed by atoms with Gasteiger partial charge in [0.1, 0.15) is 0 Å². The smallest absolute Gasteiger partial charge is 0.268 e. The predicted molar refractivity (Wildman–Crippen MR) is 56.4 cm³/mol. The van der Waals surface area contributed by atoms with Crippen LogP contribution in [0.2, 0.25) is 0 Å². The first-order valence-corrected chi connectivity index (χ1v) is 4.89. The summed E-state index contributed by atoms with van der Waals surface area (Å²) < 4.78 is 30.5. The van der Waals surface area contributed by atoms with E-state index in [1.807, 2.05) is 0 Å². The number of halogens is 3. The molecule has 0 bridgehead atoms. The number of nitrogens with two attached hydrogens (primary N) is 1. The normalized spacial score (nSPS) is 10.7. The Morgan fingerprint density at radius 3 is 2.71 bits per heavy atom. The van der Waals surface area contributed by atoms with Gasteiger partial charge in [-0.25, -0.2) is 8.78 Å². The minimum absolute atomic E-state index is 0.0831. The maximum Gasteiger partial charge on any atom is 0.268 e. The largest absolute Gasteiger partial charge is 0.494 e. The molecule has 2 N–H and O–H groups in total. The third-order valence-electron chi connectivity index (χ3n) is 1.71. The first-order chi connectivity index (χ1) is 6.61. The molecule has 1 aromatic rings. The van der Waals surface area contributed by atoms with Crippen LogP contribution >= 0.6 is 22.6 Å². The van der Waals surface area contributed by atoms with Crippen LogP contribution in [-0.4, -0.2) is 12.1 Å². The van der Waals surface area contributed by atoms with Gasteiger partial charge in [-0.2, -0.15) is 0 Å². The van der Waals surface area contributed by atoms with Crippen LogP contribution in [-0.2, 0) is 6.54 Å². The van der Waals surface area contributed by atoms with Crippen LogP contribution in [0.15, 0.2) is 6.20 Å². The summed E-state index contributed by atoms with van der Waals surface area (Å²) in [5.41, 5.74) is 5.57. The van der Waals surface area contributed by atoms with Gasteiger partial charge in [-0.15, -0.1) is 0 Å². The zero-order chi connectivity index (χ0) is 10.7. The summed E-state index contributed by atoms with van der Waals surface area (Å²) >= 11 is 1.79. The molecule has 1 rings (SSSR count). The first kappa shape index (κ1) is 11.6. The number of ether oxygens (including phenoxy) is 1. The summed E-state index contributed by atoms with van der Waals surface area (Å²) in [7, 11) is 1.33. The van der Waals surface area contributed by atoms with E-state index in [-0.39, 0.29) is 17.9 Å². The number of aromatic nitrogens is 1. The lowest BCUT2D eigenvalue weighted by Gasteiger charge is -2.12. The van der Waals surface area contributed by atoms with E-state index in [1.54, 1.807) is 22.6 Å². The van der Waals surface area contributed by atoms with Crippen molar-refractivity contribution in [2.75, 3.05) is 7.11 Å². The van der Waals surface area contributed by atoms with Crippen LogP contribution < -0.4 is 10.5 Å². The Labute approximate surface area is 93.8 Å². The monoisotopic (exact) mass is 314 g/mol. The Balaban J connectivity index is 3.35. The number of methoxy groups -OCH3 is 1. The lowest BCUT2D eigenvalue weighted by molar-refractivity contribution is 0.145. The molecule has 0 aliphatic carbocycles. The predicted octanol–water partition coefficient (Wildman–Crippen LogP) is 2.09. The number of hydrogen-bond donors (Lipinski definition) is 1. The number of nitrogens with zero attached hydrogens (tertiary/aromatic N) is 1. The Morgan fingerprint density at radius 1 is 1.64 bits per heavy atom. The number of pyridine rings is 1. The Kier molecular flexibility index (Phi) is 3.99. The van der Waals surface area contributed by atoms with Crippen molar-refractivity contribution in [1.82, 2.24) is 4.98 Å². The second-order valence-electron chi connectivity index (χ2n) is 2.50. The van der Waals surface area contributed by atoms with Crippen LogP contribution in [0.5, 0.6) is 5.75 Å². The van der Waals surface area contributed by atoms with Gasteiger partial charge in [-0.3, -0.25) is 4.98 Å². The van der Waals surface area contributed by atoms with Crippen LogP contribution in [0, 0.1) is 3.57 Å². The Morgan fingerprint density at radius 2 is 2.29 bits per heavy atom. The lowest BCUT2D eigenvalue weighted by atomic mass is 10.2. The summed E-state index contributed by atoms with van der Waals surface area (Å²) in [5.74, 6) is 0.0920. The molecule has 0 unspecified atom stereocenters. The van der Waals surface area contributed by atoms with Gasteiger partial charge in [0.2, 0.25) is 0 Å². The molecule has 0 atom stereocenters. The molecule has 6 heteroatoms. The third-order valence-corrected chi connectivity index (χ3v) is 2.57. The summed E-state index contributed by atoms with van der Waals surface area (Å²) in [6.45, 7) is 0.0831. The van der Waals surface area contributed by atoms with Gasteiger partial charge in [-0.05, 0) is 22.6 Å². The van der Waals surface area contributed by atoms with Gasteiger partial charge >= 0.3 is 0 Å². The Bertz CT molecular complexity index is 333. The highest BCUT2D eigenvalue weighted by Crippen LogP contribution is 2.34. The van der Waals surface area contributed by atoms with E-state index in [9.17, 15) is 8.78 Å². The van der Waals surface area contributed by atoms with E-state index in [2.05, 4.69) is 4.98 Å². The fourth-order valence-electron chi connectivity index (χ4n) is 1.10. The molecule has 0 radical (unpaired) electrons. The van der Waals surface area contributed by atoms with Gasteiger partial charge in [0.25, 0.3) is 6.43 Å². The second kappa shape index (κ2) is 4.83. The average Bonchev–Trinajstić information content (AvgIpc) is 2.16. The zero-order valence-corrected chi connectivity index (χ0v) is 9.59. The molecule has 1 heterocycles. The average molecular weight is 314 g/mol. The Hall–Kier alpha value is -0.500. The lowest BCUT2D eigenvalue weighted by Crippen LogP contribution is -2.07. The molecule has 3 nitrogen and oxygen atoms in total. The van der Waals surface area contributed by atoms with E-state index in [1.165, 1.54) is 13.3 Å². The molecule has 0 amide bonds. The minimum Gasteiger partial charge on any atom is -0.494 e. The molecule has 78 valence electrons. The summed E-state index contributed by atoms with van der Waals surface area (Å²) in [6, 6.07) is 0. The maximum absolute atomic E-state index is 12.6. The quantitative estimate of drug-likeness (QED) is 0.869. The van der Waals surface area contributed by atoms with Crippen molar-refractivity contribution < 1.29 is 13.5 Å². The zero-order valence-electron chi connectivity index (χ0n) is 7.43. The molecule has 0 saturated heterocycles. The van der Waals surface area contributed by atoms with Gasteiger partial charge in [0, 0.05) is 16.3 Å². The topological polar surface area (TPSA) is 48.1 Å². The van der Waals surface area contributed by atoms with Crippen LogP contribution in [0.1, 0.15) is 17.7 Å². The van der Waals surface area contributed by atoms with E-state index in [4.69, 9.17) is 10.5 Å². The van der Waals surface area contributed by atoms with Gasteiger partial charge in [0.15, 0.2) is 5.75 Å². The van der Waals surface area contributed by atoms with Gasteiger partial charge in [-0.1, -0.05) is 0 Å². The molecule has 0 aliphatic heterocycles. The SMILES string of the molecule is COc1c(CN)ncc(I)c1C(F)F.